The van der Waals surface area contributed by atoms with E-state index in [0.717, 1.165) is 11.1 Å². The van der Waals surface area contributed by atoms with E-state index in [0.29, 0.717) is 0 Å². The van der Waals surface area contributed by atoms with Gasteiger partial charge in [-0.25, -0.2) is 0 Å². The van der Waals surface area contributed by atoms with Crippen molar-refractivity contribution in [3.63, 3.8) is 0 Å². The third-order valence-corrected chi connectivity index (χ3v) is 11.0. The number of hydrogen-bond donors (Lipinski definition) is 0. The molecule has 0 bridgehead atoms. The molecule has 2 heteroatoms. The van der Waals surface area contributed by atoms with E-state index in [4.69, 9.17) is 0 Å². The van der Waals surface area contributed by atoms with Gasteiger partial charge in [0.2, 0.25) is 0 Å². The lowest BCUT2D eigenvalue weighted by molar-refractivity contribution is 0.546. The Hall–Kier alpha value is 0.177. The lowest BCUT2D eigenvalue weighted by Gasteiger charge is -2.45. The van der Waals surface area contributed by atoms with Crippen molar-refractivity contribution in [1.82, 2.24) is 4.57 Å². The van der Waals surface area contributed by atoms with Crippen LogP contribution in [0.15, 0.2) is 0 Å². The standard InChI is InChI=1S/C12H29NSi/c1-8-10-14(11(3)4,13(6)7)12(5)9-2/h11-12H,8-10H2,1-7H3. The van der Waals surface area contributed by atoms with Crippen molar-refractivity contribution in [3.05, 3.63) is 0 Å². The summed E-state index contributed by atoms with van der Waals surface area (Å²) in [6.07, 6.45) is 2.68. The molecule has 0 spiro atoms. The largest absolute Gasteiger partial charge is 0.328 e. The quantitative estimate of drug-likeness (QED) is 0.603. The summed E-state index contributed by atoms with van der Waals surface area (Å²) in [6, 6.07) is 1.45. The van der Waals surface area contributed by atoms with Gasteiger partial charge in [-0.15, -0.1) is 0 Å². The van der Waals surface area contributed by atoms with Gasteiger partial charge in [-0.2, -0.15) is 0 Å². The van der Waals surface area contributed by atoms with Gasteiger partial charge < -0.3 is 4.57 Å². The second-order valence-electron chi connectivity index (χ2n) is 5.10. The van der Waals surface area contributed by atoms with Crippen molar-refractivity contribution in [2.75, 3.05) is 14.1 Å². The van der Waals surface area contributed by atoms with Crippen LogP contribution in [0, 0.1) is 0 Å². The summed E-state index contributed by atoms with van der Waals surface area (Å²) in [5, 5.41) is 0. The SMILES string of the molecule is CCC[Si](C(C)C)(C(C)CC)N(C)C. The molecule has 14 heavy (non-hydrogen) atoms. The van der Waals surface area contributed by atoms with Gasteiger partial charge >= 0.3 is 0 Å². The van der Waals surface area contributed by atoms with E-state index in [1.54, 1.807) is 0 Å². The summed E-state index contributed by atoms with van der Waals surface area (Å²) in [4.78, 5) is 0. The maximum atomic E-state index is 2.59. The number of nitrogens with zero attached hydrogens (tertiary/aromatic N) is 1. The second-order valence-corrected chi connectivity index (χ2v) is 10.6. The highest BCUT2D eigenvalue weighted by Gasteiger charge is 2.42. The van der Waals surface area contributed by atoms with Crippen molar-refractivity contribution in [1.29, 1.82) is 0 Å². The van der Waals surface area contributed by atoms with Gasteiger partial charge in [0, 0.05) is 0 Å². The molecule has 0 aromatic rings. The molecule has 0 radical (unpaired) electrons. The Kier molecular flexibility index (Phi) is 5.99. The average molecular weight is 215 g/mol. The zero-order valence-electron chi connectivity index (χ0n) is 11.2. The monoisotopic (exact) mass is 215 g/mol. The van der Waals surface area contributed by atoms with Crippen LogP contribution in [-0.2, 0) is 0 Å². The molecule has 0 aliphatic heterocycles. The van der Waals surface area contributed by atoms with E-state index in [9.17, 15) is 0 Å². The average Bonchev–Trinajstić information content (AvgIpc) is 2.11. The van der Waals surface area contributed by atoms with Gasteiger partial charge in [0.25, 0.3) is 0 Å². The van der Waals surface area contributed by atoms with Crippen LogP contribution in [0.5, 0.6) is 0 Å². The van der Waals surface area contributed by atoms with Gasteiger partial charge in [-0.05, 0) is 31.2 Å². The zero-order valence-corrected chi connectivity index (χ0v) is 12.2. The van der Waals surface area contributed by atoms with Gasteiger partial charge in [0.05, 0.1) is 0 Å². The fourth-order valence-corrected chi connectivity index (χ4v) is 9.12. The normalized spacial score (nSPS) is 18.6. The summed E-state index contributed by atoms with van der Waals surface area (Å²) >= 11 is 0. The van der Waals surface area contributed by atoms with Gasteiger partial charge in [0.1, 0.15) is 8.24 Å². The molecular weight excluding hydrogens is 186 g/mol. The molecule has 0 rings (SSSR count). The van der Waals surface area contributed by atoms with Crippen LogP contribution in [0.2, 0.25) is 17.1 Å². The Morgan fingerprint density at radius 1 is 1.07 bits per heavy atom. The first-order chi connectivity index (χ1) is 6.43. The molecule has 0 N–H and O–H groups in total. The van der Waals surface area contributed by atoms with E-state index in [1.807, 2.05) is 0 Å². The Morgan fingerprint density at radius 2 is 1.57 bits per heavy atom. The van der Waals surface area contributed by atoms with Gasteiger partial charge in [-0.1, -0.05) is 47.5 Å². The summed E-state index contributed by atoms with van der Waals surface area (Å²) in [6.45, 7) is 12.0. The predicted octanol–water partition coefficient (Wildman–Crippen LogP) is 4.11. The Bertz CT molecular complexity index is 146. The lowest BCUT2D eigenvalue weighted by atomic mass is 10.4. The molecule has 0 saturated heterocycles. The Balaban J connectivity index is 4.93. The van der Waals surface area contributed by atoms with Crippen molar-refractivity contribution >= 4 is 8.24 Å². The zero-order chi connectivity index (χ0) is 11.4. The fourth-order valence-electron chi connectivity index (χ4n) is 3.04. The highest BCUT2D eigenvalue weighted by atomic mass is 28.3. The van der Waals surface area contributed by atoms with Crippen LogP contribution in [0.25, 0.3) is 0 Å². The first-order valence-corrected chi connectivity index (χ1v) is 8.41. The summed E-state index contributed by atoms with van der Waals surface area (Å²) in [5.74, 6) is 0. The maximum absolute atomic E-state index is 2.59. The predicted molar refractivity (Wildman–Crippen MR) is 69.4 cm³/mol. The van der Waals surface area contributed by atoms with Gasteiger partial charge in [0.15, 0.2) is 0 Å². The molecule has 2 atom stereocenters. The third kappa shape index (κ3) is 2.60. The first-order valence-electron chi connectivity index (χ1n) is 6.10. The molecule has 0 aliphatic carbocycles. The molecule has 0 fully saturated rings. The molecule has 0 heterocycles. The maximum Gasteiger partial charge on any atom is 0.133 e. The minimum absolute atomic E-state index is 0.868. The minimum atomic E-state index is -1.22. The van der Waals surface area contributed by atoms with Crippen LogP contribution in [0.3, 0.4) is 0 Å². The van der Waals surface area contributed by atoms with Crippen LogP contribution in [0.4, 0.5) is 0 Å². The van der Waals surface area contributed by atoms with Crippen LogP contribution in [-0.4, -0.2) is 26.9 Å². The van der Waals surface area contributed by atoms with Crippen LogP contribution in [0.1, 0.15) is 47.5 Å². The van der Waals surface area contributed by atoms with Crippen molar-refractivity contribution in [2.24, 2.45) is 0 Å². The summed E-state index contributed by atoms with van der Waals surface area (Å²) in [5.41, 5.74) is 1.78. The smallest absolute Gasteiger partial charge is 0.133 e. The number of hydrogen-bond acceptors (Lipinski definition) is 1. The number of rotatable bonds is 6. The first kappa shape index (κ1) is 14.2. The molecule has 0 aromatic carbocycles. The Morgan fingerprint density at radius 3 is 1.79 bits per heavy atom. The third-order valence-electron chi connectivity index (χ3n) is 3.95. The molecule has 0 saturated carbocycles. The van der Waals surface area contributed by atoms with E-state index < -0.39 is 8.24 Å². The molecule has 2 unspecified atom stereocenters. The van der Waals surface area contributed by atoms with Gasteiger partial charge in [-0.3, -0.25) is 0 Å². The van der Waals surface area contributed by atoms with Crippen molar-refractivity contribution in [2.45, 2.75) is 64.6 Å². The minimum Gasteiger partial charge on any atom is -0.328 e. The van der Waals surface area contributed by atoms with Crippen LogP contribution < -0.4 is 0 Å². The fraction of sp³-hybridized carbons (Fsp3) is 1.00. The highest BCUT2D eigenvalue weighted by molar-refractivity contribution is 6.79. The van der Waals surface area contributed by atoms with E-state index in [-0.39, 0.29) is 0 Å². The second kappa shape index (κ2) is 5.91. The van der Waals surface area contributed by atoms with Crippen molar-refractivity contribution in [3.8, 4) is 0 Å². The lowest BCUT2D eigenvalue weighted by Crippen LogP contribution is -2.54. The molecule has 0 aliphatic rings. The topological polar surface area (TPSA) is 3.24 Å². The molecule has 86 valence electrons. The summed E-state index contributed by atoms with van der Waals surface area (Å²) < 4.78 is 2.59. The molecular formula is C12H29NSi. The van der Waals surface area contributed by atoms with E-state index >= 15 is 0 Å². The van der Waals surface area contributed by atoms with E-state index in [1.165, 1.54) is 18.9 Å². The Labute approximate surface area is 92.0 Å². The molecule has 0 amide bonds. The van der Waals surface area contributed by atoms with E-state index in [2.05, 4.69) is 53.3 Å². The highest BCUT2D eigenvalue weighted by Crippen LogP contribution is 2.40. The summed E-state index contributed by atoms with van der Waals surface area (Å²) in [7, 11) is 3.38. The van der Waals surface area contributed by atoms with Crippen LogP contribution >= 0.6 is 0 Å². The van der Waals surface area contributed by atoms with Crippen molar-refractivity contribution < 1.29 is 0 Å². The molecule has 0 aromatic heterocycles. The molecule has 1 nitrogen and oxygen atoms in total.